The summed E-state index contributed by atoms with van der Waals surface area (Å²) in [5.41, 5.74) is 2.38. The molecule has 3 heteroatoms. The Morgan fingerprint density at radius 3 is 2.53 bits per heavy atom. The van der Waals surface area contributed by atoms with Gasteiger partial charge in [-0.25, -0.2) is 0 Å². The monoisotopic (exact) mass is 236 g/mol. The van der Waals surface area contributed by atoms with Crippen LogP contribution >= 0.6 is 0 Å². The van der Waals surface area contributed by atoms with Crippen LogP contribution in [0.1, 0.15) is 26.3 Å². The van der Waals surface area contributed by atoms with Gasteiger partial charge in [0, 0.05) is 20.6 Å². The van der Waals surface area contributed by atoms with Crippen LogP contribution in [0.2, 0.25) is 0 Å². The van der Waals surface area contributed by atoms with Crippen molar-refractivity contribution in [2.24, 2.45) is 0 Å². The zero-order valence-corrected chi connectivity index (χ0v) is 11.6. The van der Waals surface area contributed by atoms with Crippen LogP contribution in [-0.2, 0) is 6.54 Å². The Hall–Kier alpha value is -1.22. The van der Waals surface area contributed by atoms with Crippen molar-refractivity contribution >= 4 is 5.69 Å². The molecule has 0 atom stereocenters. The zero-order valence-electron chi connectivity index (χ0n) is 11.6. The SMILES string of the molecule is CCNCc1ccc(N(C)C)c(OC(C)C)c1. The van der Waals surface area contributed by atoms with E-state index in [1.807, 2.05) is 14.1 Å². The van der Waals surface area contributed by atoms with Crippen LogP contribution in [0.4, 0.5) is 5.69 Å². The minimum absolute atomic E-state index is 0.197. The highest BCUT2D eigenvalue weighted by Crippen LogP contribution is 2.29. The molecule has 1 aromatic rings. The van der Waals surface area contributed by atoms with Gasteiger partial charge < -0.3 is 15.0 Å². The topological polar surface area (TPSA) is 24.5 Å². The molecule has 1 rings (SSSR count). The lowest BCUT2D eigenvalue weighted by molar-refractivity contribution is 0.243. The van der Waals surface area contributed by atoms with E-state index in [1.165, 1.54) is 5.56 Å². The molecule has 0 fully saturated rings. The molecule has 0 radical (unpaired) electrons. The van der Waals surface area contributed by atoms with Crippen LogP contribution < -0.4 is 15.0 Å². The van der Waals surface area contributed by atoms with Gasteiger partial charge in [0.05, 0.1) is 11.8 Å². The lowest BCUT2D eigenvalue weighted by Gasteiger charge is -2.20. The fraction of sp³-hybridized carbons (Fsp3) is 0.571. The molecule has 0 spiro atoms. The van der Waals surface area contributed by atoms with Gasteiger partial charge in [0.15, 0.2) is 0 Å². The van der Waals surface area contributed by atoms with Crippen molar-refractivity contribution in [1.29, 1.82) is 0 Å². The van der Waals surface area contributed by atoms with Crippen molar-refractivity contribution in [1.82, 2.24) is 5.32 Å². The molecule has 0 aliphatic heterocycles. The molecule has 0 saturated heterocycles. The number of nitrogens with one attached hydrogen (secondary N) is 1. The first-order valence-electron chi connectivity index (χ1n) is 6.22. The van der Waals surface area contributed by atoms with Crippen LogP contribution in [0.5, 0.6) is 5.75 Å². The molecule has 0 unspecified atom stereocenters. The van der Waals surface area contributed by atoms with Crippen LogP contribution in [0.3, 0.4) is 0 Å². The third-order valence-corrected chi connectivity index (χ3v) is 2.45. The van der Waals surface area contributed by atoms with E-state index >= 15 is 0 Å². The predicted molar refractivity (Wildman–Crippen MR) is 73.9 cm³/mol. The maximum atomic E-state index is 5.86. The lowest BCUT2D eigenvalue weighted by atomic mass is 10.1. The molecule has 96 valence electrons. The van der Waals surface area contributed by atoms with E-state index < -0.39 is 0 Å². The third kappa shape index (κ3) is 4.27. The molecule has 1 N–H and O–H groups in total. The van der Waals surface area contributed by atoms with E-state index in [9.17, 15) is 0 Å². The third-order valence-electron chi connectivity index (χ3n) is 2.45. The summed E-state index contributed by atoms with van der Waals surface area (Å²) in [6.07, 6.45) is 0.197. The number of benzene rings is 1. The fourth-order valence-electron chi connectivity index (χ4n) is 1.66. The standard InChI is InChI=1S/C14H24N2O/c1-6-15-10-12-7-8-13(16(4)5)14(9-12)17-11(2)3/h7-9,11,15H,6,10H2,1-5H3. The van der Waals surface area contributed by atoms with Gasteiger partial charge in [0.25, 0.3) is 0 Å². The summed E-state index contributed by atoms with van der Waals surface area (Å²) in [5, 5.41) is 3.32. The second-order valence-electron chi connectivity index (χ2n) is 4.64. The largest absolute Gasteiger partial charge is 0.489 e. The van der Waals surface area contributed by atoms with Gasteiger partial charge >= 0.3 is 0 Å². The highest BCUT2D eigenvalue weighted by atomic mass is 16.5. The van der Waals surface area contributed by atoms with Gasteiger partial charge in [-0.1, -0.05) is 13.0 Å². The number of hydrogen-bond donors (Lipinski definition) is 1. The van der Waals surface area contributed by atoms with E-state index in [-0.39, 0.29) is 6.10 Å². The van der Waals surface area contributed by atoms with Crippen molar-refractivity contribution in [2.75, 3.05) is 25.5 Å². The number of ether oxygens (including phenoxy) is 1. The number of hydrogen-bond acceptors (Lipinski definition) is 3. The van der Waals surface area contributed by atoms with E-state index in [2.05, 4.69) is 49.2 Å². The first-order chi connectivity index (χ1) is 8.04. The average molecular weight is 236 g/mol. The normalized spacial score (nSPS) is 10.7. The molecule has 0 aliphatic carbocycles. The highest BCUT2D eigenvalue weighted by molar-refractivity contribution is 5.59. The number of rotatable bonds is 6. The smallest absolute Gasteiger partial charge is 0.143 e. The molecule has 0 amide bonds. The van der Waals surface area contributed by atoms with Gasteiger partial charge in [0.1, 0.15) is 5.75 Å². The van der Waals surface area contributed by atoms with Crippen LogP contribution in [0.25, 0.3) is 0 Å². The number of anilines is 1. The summed E-state index contributed by atoms with van der Waals surface area (Å²) in [7, 11) is 4.07. The molecule has 17 heavy (non-hydrogen) atoms. The Kier molecular flexibility index (Phi) is 5.29. The fourth-order valence-corrected chi connectivity index (χ4v) is 1.66. The minimum atomic E-state index is 0.197. The van der Waals surface area contributed by atoms with Crippen molar-refractivity contribution in [3.05, 3.63) is 23.8 Å². The quantitative estimate of drug-likeness (QED) is 0.822. The Labute approximate surface area is 105 Å². The van der Waals surface area contributed by atoms with E-state index in [0.717, 1.165) is 24.5 Å². The van der Waals surface area contributed by atoms with E-state index in [4.69, 9.17) is 4.74 Å². The van der Waals surface area contributed by atoms with Crippen LogP contribution in [-0.4, -0.2) is 26.7 Å². The zero-order chi connectivity index (χ0) is 12.8. The Morgan fingerprint density at radius 2 is 2.00 bits per heavy atom. The molecule has 0 bridgehead atoms. The summed E-state index contributed by atoms with van der Waals surface area (Å²) >= 11 is 0. The molecule has 0 saturated carbocycles. The Morgan fingerprint density at radius 1 is 1.29 bits per heavy atom. The van der Waals surface area contributed by atoms with E-state index in [0.29, 0.717) is 0 Å². The maximum Gasteiger partial charge on any atom is 0.143 e. The Bertz CT molecular complexity index is 348. The highest BCUT2D eigenvalue weighted by Gasteiger charge is 2.08. The molecule has 1 aromatic carbocycles. The summed E-state index contributed by atoms with van der Waals surface area (Å²) in [6, 6.07) is 6.38. The second-order valence-corrected chi connectivity index (χ2v) is 4.64. The molecule has 0 heterocycles. The van der Waals surface area contributed by atoms with Crippen LogP contribution in [0.15, 0.2) is 18.2 Å². The maximum absolute atomic E-state index is 5.86. The first-order valence-corrected chi connectivity index (χ1v) is 6.22. The van der Waals surface area contributed by atoms with Gasteiger partial charge in [0.2, 0.25) is 0 Å². The molecule has 0 aromatic heterocycles. The average Bonchev–Trinajstić information content (AvgIpc) is 2.25. The van der Waals surface area contributed by atoms with Gasteiger partial charge in [-0.05, 0) is 38.1 Å². The van der Waals surface area contributed by atoms with E-state index in [1.54, 1.807) is 0 Å². The molecular formula is C14H24N2O. The van der Waals surface area contributed by atoms with Gasteiger partial charge in [-0.2, -0.15) is 0 Å². The summed E-state index contributed by atoms with van der Waals surface area (Å²) in [5.74, 6) is 0.959. The molecule has 3 nitrogen and oxygen atoms in total. The summed E-state index contributed by atoms with van der Waals surface area (Å²) < 4.78 is 5.86. The number of nitrogens with zero attached hydrogens (tertiary/aromatic N) is 1. The van der Waals surface area contributed by atoms with Crippen molar-refractivity contribution in [2.45, 2.75) is 33.4 Å². The van der Waals surface area contributed by atoms with Gasteiger partial charge in [-0.15, -0.1) is 0 Å². The first kappa shape index (κ1) is 13.8. The predicted octanol–water partition coefficient (Wildman–Crippen LogP) is 2.65. The van der Waals surface area contributed by atoms with Crippen molar-refractivity contribution in [3.63, 3.8) is 0 Å². The van der Waals surface area contributed by atoms with Crippen molar-refractivity contribution < 1.29 is 4.74 Å². The summed E-state index contributed by atoms with van der Waals surface area (Å²) in [4.78, 5) is 2.08. The van der Waals surface area contributed by atoms with Crippen molar-refractivity contribution in [3.8, 4) is 5.75 Å². The lowest BCUT2D eigenvalue weighted by Crippen LogP contribution is -2.15. The second kappa shape index (κ2) is 6.50. The Balaban J connectivity index is 2.93. The van der Waals surface area contributed by atoms with Crippen LogP contribution in [0, 0.1) is 0 Å². The van der Waals surface area contributed by atoms with Gasteiger partial charge in [-0.3, -0.25) is 0 Å². The molecule has 0 aliphatic rings. The molecular weight excluding hydrogens is 212 g/mol. The summed E-state index contributed by atoms with van der Waals surface area (Å²) in [6.45, 7) is 8.08. The minimum Gasteiger partial charge on any atom is -0.489 e.